The Balaban J connectivity index is 1.74. The molecule has 1 aromatic carbocycles. The van der Waals surface area contributed by atoms with Crippen LogP contribution in [0.5, 0.6) is 5.75 Å². The topological polar surface area (TPSA) is 83.8 Å². The lowest BCUT2D eigenvalue weighted by Crippen LogP contribution is -2.01. The number of hydrogen-bond donors (Lipinski definition) is 0. The highest BCUT2D eigenvalue weighted by molar-refractivity contribution is 5.77. The van der Waals surface area contributed by atoms with Crippen molar-refractivity contribution in [3.8, 4) is 34.2 Å². The third-order valence-electron chi connectivity index (χ3n) is 4.99. The smallest absolute Gasteiger partial charge is 0.229 e. The van der Waals surface area contributed by atoms with Crippen LogP contribution in [0.15, 0.2) is 35.2 Å². The second-order valence-corrected chi connectivity index (χ2v) is 7.26. The van der Waals surface area contributed by atoms with E-state index >= 15 is 0 Å². The van der Waals surface area contributed by atoms with Crippen molar-refractivity contribution >= 4 is 0 Å². The molecule has 142 valence electrons. The van der Waals surface area contributed by atoms with Crippen LogP contribution in [-0.4, -0.2) is 36.6 Å². The van der Waals surface area contributed by atoms with Crippen molar-refractivity contribution < 1.29 is 9.26 Å². The zero-order valence-corrected chi connectivity index (χ0v) is 16.2. The molecule has 8 heteroatoms. The fourth-order valence-corrected chi connectivity index (χ4v) is 3.62. The summed E-state index contributed by atoms with van der Waals surface area (Å²) in [7, 11) is 3.60. The van der Waals surface area contributed by atoms with Crippen molar-refractivity contribution in [3.05, 3.63) is 47.9 Å². The standard InChI is InChI=1S/C20H20N6O2/c1-11(2)20-22-19(24-28-20)18-16-7-12-9-25(3)23-17(12)14-8-13(27-4)5-6-15(14)26(16)10-21-18/h5-6,8-11H,7H2,1-4H3. The summed E-state index contributed by atoms with van der Waals surface area (Å²) in [4.78, 5) is 9.16. The maximum absolute atomic E-state index is 5.44. The van der Waals surface area contributed by atoms with E-state index in [0.717, 1.165) is 39.6 Å². The molecule has 0 spiro atoms. The van der Waals surface area contributed by atoms with Gasteiger partial charge in [0.2, 0.25) is 11.7 Å². The van der Waals surface area contributed by atoms with E-state index < -0.39 is 0 Å². The number of benzene rings is 1. The first-order valence-electron chi connectivity index (χ1n) is 9.16. The van der Waals surface area contributed by atoms with Gasteiger partial charge >= 0.3 is 0 Å². The Labute approximate surface area is 161 Å². The molecular formula is C20H20N6O2. The fraction of sp³-hybridized carbons (Fsp3) is 0.300. The summed E-state index contributed by atoms with van der Waals surface area (Å²) in [5, 5.41) is 8.86. The van der Waals surface area contributed by atoms with Gasteiger partial charge in [-0.3, -0.25) is 4.68 Å². The van der Waals surface area contributed by atoms with E-state index in [-0.39, 0.29) is 5.92 Å². The van der Waals surface area contributed by atoms with Crippen LogP contribution >= 0.6 is 0 Å². The lowest BCUT2D eigenvalue weighted by atomic mass is 10.0. The maximum atomic E-state index is 5.44. The molecule has 3 aromatic heterocycles. The van der Waals surface area contributed by atoms with Gasteiger partial charge in [0.25, 0.3) is 0 Å². The maximum Gasteiger partial charge on any atom is 0.229 e. The summed E-state index contributed by atoms with van der Waals surface area (Å²) in [5.74, 6) is 2.08. The van der Waals surface area contributed by atoms with Crippen molar-refractivity contribution in [2.75, 3.05) is 7.11 Å². The Morgan fingerprint density at radius 3 is 2.82 bits per heavy atom. The average Bonchev–Trinajstić information content (AvgIpc) is 3.38. The Morgan fingerprint density at radius 1 is 1.21 bits per heavy atom. The number of imidazole rings is 1. The predicted octanol–water partition coefficient (Wildman–Crippen LogP) is 3.36. The van der Waals surface area contributed by atoms with Crippen molar-refractivity contribution in [2.24, 2.45) is 7.05 Å². The van der Waals surface area contributed by atoms with Crippen molar-refractivity contribution in [2.45, 2.75) is 26.2 Å². The molecule has 0 saturated heterocycles. The first-order valence-corrected chi connectivity index (χ1v) is 9.16. The van der Waals surface area contributed by atoms with Gasteiger partial charge in [0.05, 0.1) is 24.2 Å². The molecule has 0 saturated carbocycles. The third-order valence-corrected chi connectivity index (χ3v) is 4.99. The molecule has 0 bridgehead atoms. The van der Waals surface area contributed by atoms with Gasteiger partial charge in [-0.15, -0.1) is 0 Å². The molecule has 4 aromatic rings. The lowest BCUT2D eigenvalue weighted by molar-refractivity contribution is 0.365. The van der Waals surface area contributed by atoms with Crippen molar-refractivity contribution in [1.82, 2.24) is 29.5 Å². The zero-order valence-electron chi connectivity index (χ0n) is 16.2. The minimum absolute atomic E-state index is 0.167. The number of aryl methyl sites for hydroxylation is 1. The summed E-state index contributed by atoms with van der Waals surface area (Å²) >= 11 is 0. The summed E-state index contributed by atoms with van der Waals surface area (Å²) < 4.78 is 14.8. The van der Waals surface area contributed by atoms with Crippen LogP contribution in [0, 0.1) is 0 Å². The minimum Gasteiger partial charge on any atom is -0.497 e. The zero-order chi connectivity index (χ0) is 19.4. The van der Waals surface area contributed by atoms with E-state index in [4.69, 9.17) is 14.4 Å². The van der Waals surface area contributed by atoms with Crippen LogP contribution in [0.3, 0.4) is 0 Å². The minimum atomic E-state index is 0.167. The number of ether oxygens (including phenoxy) is 1. The molecule has 0 radical (unpaired) electrons. The number of methoxy groups -OCH3 is 1. The van der Waals surface area contributed by atoms with Gasteiger partial charge in [-0.2, -0.15) is 10.1 Å². The molecule has 28 heavy (non-hydrogen) atoms. The highest BCUT2D eigenvalue weighted by Gasteiger charge is 2.27. The fourth-order valence-electron chi connectivity index (χ4n) is 3.62. The van der Waals surface area contributed by atoms with Crippen LogP contribution in [0.25, 0.3) is 28.5 Å². The first-order chi connectivity index (χ1) is 13.5. The van der Waals surface area contributed by atoms with Gasteiger partial charge in [0.15, 0.2) is 0 Å². The van der Waals surface area contributed by atoms with Gasteiger partial charge in [-0.25, -0.2) is 4.98 Å². The second kappa shape index (κ2) is 6.05. The molecule has 0 N–H and O–H groups in total. The third kappa shape index (κ3) is 2.45. The van der Waals surface area contributed by atoms with E-state index in [1.807, 2.05) is 56.3 Å². The molecule has 4 heterocycles. The molecule has 0 atom stereocenters. The molecule has 8 nitrogen and oxygen atoms in total. The number of fused-ring (bicyclic) bond motifs is 5. The van der Waals surface area contributed by atoms with E-state index in [9.17, 15) is 0 Å². The number of hydrogen-bond acceptors (Lipinski definition) is 6. The monoisotopic (exact) mass is 376 g/mol. The lowest BCUT2D eigenvalue weighted by Gasteiger charge is -2.11. The van der Waals surface area contributed by atoms with E-state index in [1.165, 1.54) is 0 Å². The van der Waals surface area contributed by atoms with Gasteiger partial charge in [0, 0.05) is 36.7 Å². The van der Waals surface area contributed by atoms with Crippen LogP contribution in [-0.2, 0) is 13.5 Å². The summed E-state index contributed by atoms with van der Waals surface area (Å²) in [6.07, 6.45) is 4.52. The SMILES string of the molecule is COc1ccc2c(c1)-c1nn(C)cc1Cc1c(-c3noc(C(C)C)n3)ncn1-2. The highest BCUT2D eigenvalue weighted by atomic mass is 16.5. The van der Waals surface area contributed by atoms with E-state index in [2.05, 4.69) is 19.7 Å². The summed E-state index contributed by atoms with van der Waals surface area (Å²) in [6.45, 7) is 4.05. The number of nitrogens with zero attached hydrogens (tertiary/aromatic N) is 6. The van der Waals surface area contributed by atoms with E-state index in [0.29, 0.717) is 18.1 Å². The molecule has 0 aliphatic carbocycles. The Hall–Kier alpha value is -3.42. The normalized spacial score (nSPS) is 12.5. The van der Waals surface area contributed by atoms with Gasteiger partial charge in [0.1, 0.15) is 17.8 Å². The molecule has 1 aliphatic heterocycles. The van der Waals surface area contributed by atoms with Gasteiger partial charge < -0.3 is 13.8 Å². The molecular weight excluding hydrogens is 356 g/mol. The van der Waals surface area contributed by atoms with E-state index in [1.54, 1.807) is 7.11 Å². The molecule has 0 unspecified atom stereocenters. The largest absolute Gasteiger partial charge is 0.497 e. The van der Waals surface area contributed by atoms with Gasteiger partial charge in [-0.1, -0.05) is 19.0 Å². The highest BCUT2D eigenvalue weighted by Crippen LogP contribution is 2.38. The number of rotatable bonds is 3. The first kappa shape index (κ1) is 16.7. The molecule has 5 rings (SSSR count). The van der Waals surface area contributed by atoms with Gasteiger partial charge in [-0.05, 0) is 18.2 Å². The second-order valence-electron chi connectivity index (χ2n) is 7.26. The Bertz CT molecular complexity index is 1180. The summed E-state index contributed by atoms with van der Waals surface area (Å²) in [5.41, 5.74) is 5.81. The van der Waals surface area contributed by atoms with Crippen molar-refractivity contribution in [3.63, 3.8) is 0 Å². The van der Waals surface area contributed by atoms with Crippen LogP contribution in [0.2, 0.25) is 0 Å². The van der Waals surface area contributed by atoms with Crippen molar-refractivity contribution in [1.29, 1.82) is 0 Å². The van der Waals surface area contributed by atoms with Crippen LogP contribution < -0.4 is 4.74 Å². The Kier molecular flexibility index (Phi) is 3.61. The number of aromatic nitrogens is 6. The molecule has 0 amide bonds. The van der Waals surface area contributed by atoms with Crippen LogP contribution in [0.4, 0.5) is 0 Å². The predicted molar refractivity (Wildman–Crippen MR) is 103 cm³/mol. The summed E-state index contributed by atoms with van der Waals surface area (Å²) in [6, 6.07) is 5.99. The molecule has 0 fully saturated rings. The molecule has 1 aliphatic rings. The van der Waals surface area contributed by atoms with Crippen LogP contribution in [0.1, 0.15) is 36.9 Å². The Morgan fingerprint density at radius 2 is 2.07 bits per heavy atom. The quantitative estimate of drug-likeness (QED) is 0.480. The average molecular weight is 376 g/mol.